The first kappa shape index (κ1) is 10.0. The fourth-order valence-corrected chi connectivity index (χ4v) is 1.70. The van der Waals surface area contributed by atoms with Gasteiger partial charge in [-0.1, -0.05) is 0 Å². The number of esters is 1. The van der Waals surface area contributed by atoms with E-state index in [1.165, 1.54) is 7.11 Å². The van der Waals surface area contributed by atoms with Crippen molar-refractivity contribution >= 4 is 32.9 Å². The number of aromatic nitrogens is 2. The summed E-state index contributed by atoms with van der Waals surface area (Å²) in [6, 6.07) is 5.27. The molecule has 2 aromatic heterocycles. The summed E-state index contributed by atoms with van der Waals surface area (Å²) in [4.78, 5) is 19.7. The first-order chi connectivity index (χ1) is 7.22. The summed E-state index contributed by atoms with van der Waals surface area (Å²) in [5.41, 5.74) is 1.78. The highest BCUT2D eigenvalue weighted by molar-refractivity contribution is 9.10. The van der Waals surface area contributed by atoms with Crippen LogP contribution in [0.4, 0.5) is 0 Å². The standard InChI is InChI=1S/C10H7BrN2O2/c1-15-10(14)6-5-8-7(13-9(6)11)3-2-4-12-8/h2-5H,1H3. The van der Waals surface area contributed by atoms with E-state index < -0.39 is 5.97 Å². The van der Waals surface area contributed by atoms with Crippen molar-refractivity contribution in [2.45, 2.75) is 0 Å². The number of rotatable bonds is 1. The number of ether oxygens (including phenoxy) is 1. The minimum absolute atomic E-state index is 0.378. The predicted molar refractivity (Wildman–Crippen MR) is 58.6 cm³/mol. The Labute approximate surface area is 94.4 Å². The summed E-state index contributed by atoms with van der Waals surface area (Å²) in [5.74, 6) is -0.429. The number of halogens is 1. The van der Waals surface area contributed by atoms with Crippen molar-refractivity contribution in [3.8, 4) is 0 Å². The van der Waals surface area contributed by atoms with Gasteiger partial charge in [-0.3, -0.25) is 4.98 Å². The molecule has 5 heteroatoms. The molecule has 2 heterocycles. The quantitative estimate of drug-likeness (QED) is 0.587. The van der Waals surface area contributed by atoms with Crippen LogP contribution in [0.25, 0.3) is 11.0 Å². The average molecular weight is 267 g/mol. The normalized spacial score (nSPS) is 10.3. The molecule has 0 atom stereocenters. The zero-order chi connectivity index (χ0) is 10.8. The molecule has 0 aliphatic rings. The van der Waals surface area contributed by atoms with E-state index in [4.69, 9.17) is 0 Å². The third-order valence-electron chi connectivity index (χ3n) is 1.94. The van der Waals surface area contributed by atoms with Crippen LogP contribution in [0.15, 0.2) is 29.0 Å². The van der Waals surface area contributed by atoms with Gasteiger partial charge in [-0.05, 0) is 34.1 Å². The Balaban J connectivity index is 2.67. The fraction of sp³-hybridized carbons (Fsp3) is 0.100. The molecular formula is C10H7BrN2O2. The van der Waals surface area contributed by atoms with E-state index in [2.05, 4.69) is 30.6 Å². The van der Waals surface area contributed by atoms with E-state index in [-0.39, 0.29) is 0 Å². The van der Waals surface area contributed by atoms with E-state index in [1.807, 2.05) is 6.07 Å². The van der Waals surface area contributed by atoms with Gasteiger partial charge in [-0.2, -0.15) is 0 Å². The van der Waals surface area contributed by atoms with E-state index >= 15 is 0 Å². The highest BCUT2D eigenvalue weighted by Gasteiger charge is 2.12. The van der Waals surface area contributed by atoms with E-state index in [0.717, 1.165) is 5.52 Å². The van der Waals surface area contributed by atoms with Gasteiger partial charge < -0.3 is 4.74 Å². The van der Waals surface area contributed by atoms with Crippen molar-refractivity contribution in [1.82, 2.24) is 9.97 Å². The largest absolute Gasteiger partial charge is 0.465 e. The Morgan fingerprint density at radius 3 is 3.00 bits per heavy atom. The van der Waals surface area contributed by atoms with Gasteiger partial charge in [-0.25, -0.2) is 9.78 Å². The highest BCUT2D eigenvalue weighted by Crippen LogP contribution is 2.19. The van der Waals surface area contributed by atoms with Crippen molar-refractivity contribution in [3.63, 3.8) is 0 Å². The minimum Gasteiger partial charge on any atom is -0.465 e. The number of nitrogens with zero attached hydrogens (tertiary/aromatic N) is 2. The Kier molecular flexibility index (Phi) is 2.64. The maximum Gasteiger partial charge on any atom is 0.340 e. The number of carbonyl (C=O) groups is 1. The molecular weight excluding hydrogens is 260 g/mol. The van der Waals surface area contributed by atoms with Crippen LogP contribution in [0.3, 0.4) is 0 Å². The lowest BCUT2D eigenvalue weighted by Gasteiger charge is -2.03. The molecule has 2 rings (SSSR count). The molecule has 0 aliphatic carbocycles. The molecule has 0 spiro atoms. The van der Waals surface area contributed by atoms with Crippen LogP contribution in [0.5, 0.6) is 0 Å². The van der Waals surface area contributed by atoms with Crippen LogP contribution in [-0.4, -0.2) is 23.0 Å². The molecule has 0 saturated carbocycles. The highest BCUT2D eigenvalue weighted by atomic mass is 79.9. The van der Waals surface area contributed by atoms with Gasteiger partial charge in [0.25, 0.3) is 0 Å². The number of carbonyl (C=O) groups excluding carboxylic acids is 1. The molecule has 0 aromatic carbocycles. The zero-order valence-corrected chi connectivity index (χ0v) is 9.48. The van der Waals surface area contributed by atoms with E-state index in [1.54, 1.807) is 18.3 Å². The Morgan fingerprint density at radius 1 is 1.47 bits per heavy atom. The van der Waals surface area contributed by atoms with Crippen molar-refractivity contribution in [2.24, 2.45) is 0 Å². The Morgan fingerprint density at radius 2 is 2.27 bits per heavy atom. The summed E-state index contributed by atoms with van der Waals surface area (Å²) in [5, 5.41) is 0. The van der Waals surface area contributed by atoms with Crippen molar-refractivity contribution < 1.29 is 9.53 Å². The minimum atomic E-state index is -0.429. The van der Waals surface area contributed by atoms with Crippen molar-refractivity contribution in [3.05, 3.63) is 34.6 Å². The predicted octanol–water partition coefficient (Wildman–Crippen LogP) is 2.18. The molecule has 0 aliphatic heterocycles. The summed E-state index contributed by atoms with van der Waals surface area (Å²) in [6.07, 6.45) is 1.65. The van der Waals surface area contributed by atoms with Crippen molar-refractivity contribution in [1.29, 1.82) is 0 Å². The number of fused-ring (bicyclic) bond motifs is 1. The lowest BCUT2D eigenvalue weighted by Crippen LogP contribution is -2.03. The number of pyridine rings is 2. The molecule has 0 bridgehead atoms. The van der Waals surface area contributed by atoms with Gasteiger partial charge in [0.1, 0.15) is 4.60 Å². The summed E-state index contributed by atoms with van der Waals surface area (Å²) in [6.45, 7) is 0. The number of hydrogen-bond acceptors (Lipinski definition) is 4. The summed E-state index contributed by atoms with van der Waals surface area (Å²) in [7, 11) is 1.33. The SMILES string of the molecule is COC(=O)c1cc2ncccc2nc1Br. The zero-order valence-electron chi connectivity index (χ0n) is 7.90. The molecule has 0 unspecified atom stereocenters. The summed E-state index contributed by atoms with van der Waals surface area (Å²) < 4.78 is 5.10. The lowest BCUT2D eigenvalue weighted by molar-refractivity contribution is 0.0599. The van der Waals surface area contributed by atoms with Crippen LogP contribution in [0.1, 0.15) is 10.4 Å². The van der Waals surface area contributed by atoms with Gasteiger partial charge in [-0.15, -0.1) is 0 Å². The number of methoxy groups -OCH3 is 1. The van der Waals surface area contributed by atoms with Crippen LogP contribution < -0.4 is 0 Å². The second-order valence-electron chi connectivity index (χ2n) is 2.86. The lowest BCUT2D eigenvalue weighted by atomic mass is 10.2. The molecule has 0 N–H and O–H groups in total. The average Bonchev–Trinajstić information content (AvgIpc) is 2.27. The monoisotopic (exact) mass is 266 g/mol. The molecule has 4 nitrogen and oxygen atoms in total. The first-order valence-corrected chi connectivity index (χ1v) is 5.01. The molecule has 0 saturated heterocycles. The van der Waals surface area contributed by atoms with Crippen LogP contribution in [0.2, 0.25) is 0 Å². The second kappa shape index (κ2) is 3.94. The molecule has 0 fully saturated rings. The van der Waals surface area contributed by atoms with E-state index in [0.29, 0.717) is 15.7 Å². The number of hydrogen-bond donors (Lipinski definition) is 0. The topological polar surface area (TPSA) is 52.1 Å². The van der Waals surface area contributed by atoms with Crippen LogP contribution >= 0.6 is 15.9 Å². The van der Waals surface area contributed by atoms with Crippen LogP contribution in [0, 0.1) is 0 Å². The van der Waals surface area contributed by atoms with Crippen molar-refractivity contribution in [2.75, 3.05) is 7.11 Å². The molecule has 15 heavy (non-hydrogen) atoms. The summed E-state index contributed by atoms with van der Waals surface area (Å²) >= 11 is 3.22. The molecule has 0 radical (unpaired) electrons. The van der Waals surface area contributed by atoms with Gasteiger partial charge in [0.2, 0.25) is 0 Å². The molecule has 0 amide bonds. The van der Waals surface area contributed by atoms with Crippen LogP contribution in [-0.2, 0) is 4.74 Å². The smallest absolute Gasteiger partial charge is 0.340 e. The second-order valence-corrected chi connectivity index (χ2v) is 3.61. The van der Waals surface area contributed by atoms with Gasteiger partial charge >= 0.3 is 5.97 Å². The Hall–Kier alpha value is -1.49. The molecule has 76 valence electrons. The van der Waals surface area contributed by atoms with Gasteiger partial charge in [0, 0.05) is 6.20 Å². The van der Waals surface area contributed by atoms with Gasteiger partial charge in [0.05, 0.1) is 23.7 Å². The first-order valence-electron chi connectivity index (χ1n) is 4.22. The fourth-order valence-electron chi connectivity index (χ4n) is 1.23. The molecule has 2 aromatic rings. The third kappa shape index (κ3) is 1.83. The van der Waals surface area contributed by atoms with E-state index in [9.17, 15) is 4.79 Å². The maximum absolute atomic E-state index is 11.4. The maximum atomic E-state index is 11.4. The Bertz CT molecular complexity index is 528. The van der Waals surface area contributed by atoms with Gasteiger partial charge in [0.15, 0.2) is 0 Å². The third-order valence-corrected chi connectivity index (χ3v) is 2.55.